The molecular weight excluding hydrogens is 420 g/mol. The zero-order valence-corrected chi connectivity index (χ0v) is 16.9. The van der Waals surface area contributed by atoms with Crippen molar-refractivity contribution in [3.63, 3.8) is 0 Å². The van der Waals surface area contributed by atoms with E-state index in [0.29, 0.717) is 11.3 Å². The van der Waals surface area contributed by atoms with Crippen LogP contribution in [0.3, 0.4) is 0 Å². The summed E-state index contributed by atoms with van der Waals surface area (Å²) in [6.45, 7) is 0. The maximum atomic E-state index is 13.6. The summed E-state index contributed by atoms with van der Waals surface area (Å²) in [7, 11) is 2.69. The Balaban J connectivity index is 1.90. The number of nitro groups is 1. The Morgan fingerprint density at radius 1 is 1.09 bits per heavy atom. The second-order valence-electron chi connectivity index (χ2n) is 6.66. The first-order valence-electron chi connectivity index (χ1n) is 9.25. The highest BCUT2D eigenvalue weighted by molar-refractivity contribution is 6.15. The van der Waals surface area contributed by atoms with Crippen molar-refractivity contribution >= 4 is 23.4 Å². The van der Waals surface area contributed by atoms with Crippen LogP contribution in [-0.2, 0) is 9.53 Å². The first-order chi connectivity index (χ1) is 15.4. The predicted octanol–water partition coefficient (Wildman–Crippen LogP) is 1.91. The third-order valence-corrected chi connectivity index (χ3v) is 4.92. The number of non-ortho nitro benzene ring substituents is 1. The lowest BCUT2D eigenvalue weighted by molar-refractivity contribution is -0.384. The van der Waals surface area contributed by atoms with E-state index in [1.807, 2.05) is 0 Å². The largest absolute Gasteiger partial charge is 0.497 e. The van der Waals surface area contributed by atoms with Crippen molar-refractivity contribution in [2.75, 3.05) is 19.5 Å². The molecule has 2 aromatic carbocycles. The number of hydrogen-bond donors (Lipinski definition) is 1. The number of rotatable bonds is 6. The fourth-order valence-electron chi connectivity index (χ4n) is 3.37. The molecule has 0 saturated heterocycles. The van der Waals surface area contributed by atoms with Crippen molar-refractivity contribution < 1.29 is 24.0 Å². The van der Waals surface area contributed by atoms with E-state index in [4.69, 9.17) is 9.47 Å². The number of nitrogens with one attached hydrogen (secondary N) is 1. The van der Waals surface area contributed by atoms with Gasteiger partial charge in [0.05, 0.1) is 24.7 Å². The minimum atomic E-state index is -0.939. The Hall–Kier alpha value is -4.61. The number of nitro benzene ring substituents is 1. The molecule has 0 saturated carbocycles. The maximum Gasteiger partial charge on any atom is 0.355 e. The number of benzene rings is 2. The number of methoxy groups -OCH3 is 2. The van der Waals surface area contributed by atoms with Crippen molar-refractivity contribution in [2.24, 2.45) is 0 Å². The highest BCUT2D eigenvalue weighted by Gasteiger charge is 2.38. The van der Waals surface area contributed by atoms with Gasteiger partial charge in [0.25, 0.3) is 5.69 Å². The van der Waals surface area contributed by atoms with Crippen LogP contribution < -0.4 is 10.1 Å². The molecule has 0 fully saturated rings. The van der Waals surface area contributed by atoms with Gasteiger partial charge in [-0.1, -0.05) is 5.10 Å². The number of fused-ring (bicyclic) bond motifs is 1. The SMILES string of the molecule is COC(=O)C1=C(C(=O)c2ccc(OC)cc2)[C@H](c2ccc([N+](=O)[O-])cc2)n2nnnc2N1. The molecule has 1 aromatic heterocycles. The smallest absolute Gasteiger partial charge is 0.355 e. The first kappa shape index (κ1) is 20.7. The van der Waals surface area contributed by atoms with Crippen molar-refractivity contribution in [1.29, 1.82) is 0 Å². The molecule has 0 bridgehead atoms. The minimum absolute atomic E-state index is 0.0238. The average molecular weight is 436 g/mol. The monoisotopic (exact) mass is 436 g/mol. The molecule has 2 heterocycles. The quantitative estimate of drug-likeness (QED) is 0.262. The Morgan fingerprint density at radius 3 is 2.38 bits per heavy atom. The lowest BCUT2D eigenvalue weighted by Crippen LogP contribution is -2.32. The van der Waals surface area contributed by atoms with E-state index < -0.39 is 22.7 Å². The molecule has 12 nitrogen and oxygen atoms in total. The Morgan fingerprint density at radius 2 is 1.78 bits per heavy atom. The number of carbonyl (C=O) groups is 2. The molecule has 0 amide bonds. The molecule has 3 aromatic rings. The van der Waals surface area contributed by atoms with Crippen LogP contribution in [0.4, 0.5) is 11.6 Å². The van der Waals surface area contributed by atoms with Gasteiger partial charge in [0, 0.05) is 17.7 Å². The van der Waals surface area contributed by atoms with Gasteiger partial charge in [0.15, 0.2) is 5.78 Å². The van der Waals surface area contributed by atoms with Crippen LogP contribution >= 0.6 is 0 Å². The number of carbonyl (C=O) groups excluding carboxylic acids is 2. The number of ketones is 1. The van der Waals surface area contributed by atoms with Gasteiger partial charge in [0.1, 0.15) is 17.5 Å². The molecule has 12 heteroatoms. The molecule has 1 N–H and O–H groups in total. The summed E-state index contributed by atoms with van der Waals surface area (Å²) in [5, 5.41) is 25.2. The molecule has 162 valence electrons. The topological polar surface area (TPSA) is 151 Å². The second-order valence-corrected chi connectivity index (χ2v) is 6.66. The van der Waals surface area contributed by atoms with Crippen LogP contribution in [0.2, 0.25) is 0 Å². The van der Waals surface area contributed by atoms with E-state index in [2.05, 4.69) is 20.8 Å². The van der Waals surface area contributed by atoms with Gasteiger partial charge in [-0.15, -0.1) is 0 Å². The number of allylic oxidation sites excluding steroid dienone is 1. The number of ether oxygens (including phenoxy) is 2. The number of nitrogens with zero attached hydrogens (tertiary/aromatic N) is 5. The predicted molar refractivity (Wildman–Crippen MR) is 109 cm³/mol. The molecule has 4 rings (SSSR count). The Bertz CT molecular complexity index is 1230. The van der Waals surface area contributed by atoms with Gasteiger partial charge in [-0.2, -0.15) is 4.68 Å². The summed E-state index contributed by atoms with van der Waals surface area (Å²) >= 11 is 0. The normalized spacial score (nSPS) is 14.9. The molecule has 0 unspecified atom stereocenters. The molecular formula is C20H16N6O6. The van der Waals surface area contributed by atoms with Crippen LogP contribution in [0.1, 0.15) is 22.0 Å². The van der Waals surface area contributed by atoms with E-state index in [-0.39, 0.29) is 28.5 Å². The standard InChI is InChI=1S/C20H16N6O6/c1-31-14-9-5-12(6-10-14)18(27)15-16(19(28)32-2)21-20-22-23-24-25(20)17(15)11-3-7-13(8-4-11)26(29)30/h3-10,17H,1-2H3,(H,21,22,24)/t17-/m0/s1. The molecule has 0 aliphatic carbocycles. The number of tetrazole rings is 1. The zero-order chi connectivity index (χ0) is 22.8. The number of aromatic nitrogens is 4. The highest BCUT2D eigenvalue weighted by Crippen LogP contribution is 2.37. The number of Topliss-reactive ketones (excluding diaryl/α,β-unsaturated/α-hetero) is 1. The third-order valence-electron chi connectivity index (χ3n) is 4.92. The minimum Gasteiger partial charge on any atom is -0.497 e. The molecule has 0 radical (unpaired) electrons. The molecule has 32 heavy (non-hydrogen) atoms. The van der Waals surface area contributed by atoms with Gasteiger partial charge in [-0.25, -0.2) is 4.79 Å². The van der Waals surface area contributed by atoms with Gasteiger partial charge >= 0.3 is 5.97 Å². The zero-order valence-electron chi connectivity index (χ0n) is 16.9. The van der Waals surface area contributed by atoms with Gasteiger partial charge in [0.2, 0.25) is 5.95 Å². The summed E-state index contributed by atoms with van der Waals surface area (Å²) in [6, 6.07) is 11.0. The molecule has 1 aliphatic heterocycles. The van der Waals surface area contributed by atoms with Crippen LogP contribution in [0, 0.1) is 10.1 Å². The van der Waals surface area contributed by atoms with E-state index in [0.717, 1.165) is 0 Å². The number of hydrogen-bond acceptors (Lipinski definition) is 10. The van der Waals surface area contributed by atoms with Crippen LogP contribution in [0.25, 0.3) is 0 Å². The number of anilines is 1. The lowest BCUT2D eigenvalue weighted by Gasteiger charge is -2.28. The van der Waals surface area contributed by atoms with E-state index in [9.17, 15) is 19.7 Å². The van der Waals surface area contributed by atoms with Crippen molar-refractivity contribution in [2.45, 2.75) is 6.04 Å². The summed E-state index contributed by atoms with van der Waals surface area (Å²) in [6.07, 6.45) is 0. The highest BCUT2D eigenvalue weighted by atomic mass is 16.6. The van der Waals surface area contributed by atoms with E-state index >= 15 is 0 Å². The summed E-state index contributed by atoms with van der Waals surface area (Å²) < 4.78 is 11.3. The third kappa shape index (κ3) is 3.53. The van der Waals surface area contributed by atoms with Crippen LogP contribution in [0.15, 0.2) is 59.8 Å². The second kappa shape index (κ2) is 8.26. The summed E-state index contributed by atoms with van der Waals surface area (Å²) in [4.78, 5) is 36.7. The number of esters is 1. The first-order valence-corrected chi connectivity index (χ1v) is 9.25. The fourth-order valence-corrected chi connectivity index (χ4v) is 3.37. The van der Waals surface area contributed by atoms with Gasteiger partial charge in [-0.05, 0) is 52.4 Å². The molecule has 0 spiro atoms. The Kier molecular flexibility index (Phi) is 5.33. The van der Waals surface area contributed by atoms with E-state index in [1.54, 1.807) is 24.3 Å². The van der Waals surface area contributed by atoms with Gasteiger partial charge in [-0.3, -0.25) is 14.9 Å². The van der Waals surface area contributed by atoms with Crippen LogP contribution in [0.5, 0.6) is 5.75 Å². The Labute approximate surface area is 180 Å². The van der Waals surface area contributed by atoms with E-state index in [1.165, 1.54) is 43.2 Å². The van der Waals surface area contributed by atoms with Crippen molar-refractivity contribution in [1.82, 2.24) is 20.2 Å². The summed E-state index contributed by atoms with van der Waals surface area (Å²) in [5.41, 5.74) is 0.519. The van der Waals surface area contributed by atoms with Crippen molar-refractivity contribution in [3.05, 3.63) is 81.0 Å². The van der Waals surface area contributed by atoms with Crippen molar-refractivity contribution in [3.8, 4) is 5.75 Å². The molecule has 1 aliphatic rings. The molecule has 1 atom stereocenters. The lowest BCUT2D eigenvalue weighted by atomic mass is 9.89. The van der Waals surface area contributed by atoms with Crippen LogP contribution in [-0.4, -0.2) is 51.1 Å². The average Bonchev–Trinajstić information content (AvgIpc) is 3.30. The van der Waals surface area contributed by atoms with Gasteiger partial charge < -0.3 is 14.8 Å². The maximum absolute atomic E-state index is 13.6. The summed E-state index contributed by atoms with van der Waals surface area (Å²) in [5.74, 6) is -0.603. The fraction of sp³-hybridized carbons (Fsp3) is 0.150.